The highest BCUT2D eigenvalue weighted by Gasteiger charge is 2.22. The maximum atomic E-state index is 11.7. The third kappa shape index (κ3) is 2.61. The lowest BCUT2D eigenvalue weighted by Gasteiger charge is -2.08. The average Bonchev–Trinajstić information content (AvgIpc) is 2.92. The second kappa shape index (κ2) is 5.44. The fourth-order valence-electron chi connectivity index (χ4n) is 2.18. The molecule has 0 saturated carbocycles. The highest BCUT2D eigenvalue weighted by molar-refractivity contribution is 6.18. The SMILES string of the molecule is C=C(C)C(=O)Nc1ccc(O)c(C2=NC3C=CC=CC3=N2)c1. The molecule has 0 radical (unpaired) electrons. The van der Waals surface area contributed by atoms with E-state index < -0.39 is 0 Å². The van der Waals surface area contributed by atoms with Crippen molar-refractivity contribution < 1.29 is 9.90 Å². The monoisotopic (exact) mass is 293 g/mol. The van der Waals surface area contributed by atoms with Gasteiger partial charge < -0.3 is 10.4 Å². The Morgan fingerprint density at radius 1 is 1.36 bits per heavy atom. The number of phenols is 1. The van der Waals surface area contributed by atoms with E-state index in [1.165, 1.54) is 6.07 Å². The Balaban J connectivity index is 1.93. The number of rotatable bonds is 3. The zero-order chi connectivity index (χ0) is 15.7. The minimum Gasteiger partial charge on any atom is -0.507 e. The van der Waals surface area contributed by atoms with Crippen LogP contribution in [0.25, 0.3) is 0 Å². The smallest absolute Gasteiger partial charge is 0.250 e. The van der Waals surface area contributed by atoms with Gasteiger partial charge in [-0.15, -0.1) is 0 Å². The average molecular weight is 293 g/mol. The van der Waals surface area contributed by atoms with E-state index >= 15 is 0 Å². The van der Waals surface area contributed by atoms with E-state index in [4.69, 9.17) is 0 Å². The number of carbonyl (C=O) groups excluding carboxylic acids is 1. The number of allylic oxidation sites excluding steroid dienone is 2. The Hall–Kier alpha value is -2.95. The predicted octanol–water partition coefficient (Wildman–Crippen LogP) is 2.60. The molecule has 1 unspecified atom stereocenters. The van der Waals surface area contributed by atoms with Crippen LogP contribution < -0.4 is 5.32 Å². The Kier molecular flexibility index (Phi) is 3.47. The molecule has 3 rings (SSSR count). The molecule has 1 aliphatic carbocycles. The van der Waals surface area contributed by atoms with Gasteiger partial charge >= 0.3 is 0 Å². The summed E-state index contributed by atoms with van der Waals surface area (Å²) in [7, 11) is 0. The fourth-order valence-corrected chi connectivity index (χ4v) is 2.18. The summed E-state index contributed by atoms with van der Waals surface area (Å²) in [6.07, 6.45) is 7.65. The van der Waals surface area contributed by atoms with Gasteiger partial charge in [0.2, 0.25) is 0 Å². The van der Waals surface area contributed by atoms with Gasteiger partial charge in [-0.3, -0.25) is 9.79 Å². The molecular formula is C17H15N3O2. The molecule has 0 saturated heterocycles. The summed E-state index contributed by atoms with van der Waals surface area (Å²) >= 11 is 0. The lowest BCUT2D eigenvalue weighted by Crippen LogP contribution is -2.12. The summed E-state index contributed by atoms with van der Waals surface area (Å²) in [5.74, 6) is 0.263. The minimum atomic E-state index is -0.268. The van der Waals surface area contributed by atoms with Crippen molar-refractivity contribution >= 4 is 23.1 Å². The molecule has 1 amide bonds. The van der Waals surface area contributed by atoms with Crippen LogP contribution in [0.15, 0.2) is 64.6 Å². The van der Waals surface area contributed by atoms with Crippen LogP contribution in [0.3, 0.4) is 0 Å². The van der Waals surface area contributed by atoms with E-state index in [1.807, 2.05) is 24.3 Å². The number of aliphatic imine (C=N–C) groups is 2. The number of anilines is 1. The molecular weight excluding hydrogens is 278 g/mol. The summed E-state index contributed by atoms with van der Waals surface area (Å²) in [5.41, 5.74) is 2.30. The molecule has 110 valence electrons. The first kappa shape index (κ1) is 14.0. The van der Waals surface area contributed by atoms with Gasteiger partial charge in [-0.05, 0) is 31.2 Å². The maximum absolute atomic E-state index is 11.7. The van der Waals surface area contributed by atoms with Crippen LogP contribution in [-0.2, 0) is 4.79 Å². The van der Waals surface area contributed by atoms with Crippen LogP contribution in [0.2, 0.25) is 0 Å². The van der Waals surface area contributed by atoms with Crippen LogP contribution in [0, 0.1) is 0 Å². The number of amidine groups is 1. The van der Waals surface area contributed by atoms with Gasteiger partial charge in [0.1, 0.15) is 11.8 Å². The van der Waals surface area contributed by atoms with E-state index in [0.717, 1.165) is 5.71 Å². The van der Waals surface area contributed by atoms with Crippen molar-refractivity contribution in [3.8, 4) is 5.75 Å². The predicted molar refractivity (Wildman–Crippen MR) is 87.6 cm³/mol. The van der Waals surface area contributed by atoms with Crippen LogP contribution in [0.5, 0.6) is 5.75 Å². The van der Waals surface area contributed by atoms with Gasteiger partial charge in [-0.2, -0.15) is 0 Å². The Bertz CT molecular complexity index is 785. The molecule has 1 atom stereocenters. The molecule has 0 aromatic heterocycles. The second-order valence-electron chi connectivity index (χ2n) is 5.14. The van der Waals surface area contributed by atoms with Crippen molar-refractivity contribution in [3.63, 3.8) is 0 Å². The first-order valence-corrected chi connectivity index (χ1v) is 6.86. The fraction of sp³-hybridized carbons (Fsp3) is 0.118. The number of hydrogen-bond acceptors (Lipinski definition) is 4. The topological polar surface area (TPSA) is 74.0 Å². The normalized spacial score (nSPS) is 18.5. The van der Waals surface area contributed by atoms with E-state index in [-0.39, 0.29) is 17.7 Å². The van der Waals surface area contributed by atoms with Crippen molar-refractivity contribution in [2.24, 2.45) is 9.98 Å². The van der Waals surface area contributed by atoms with Crippen molar-refractivity contribution in [2.75, 3.05) is 5.32 Å². The molecule has 5 heteroatoms. The molecule has 2 aliphatic rings. The number of amides is 1. The summed E-state index contributed by atoms with van der Waals surface area (Å²) < 4.78 is 0. The number of aromatic hydroxyl groups is 1. The number of nitrogens with zero attached hydrogens (tertiary/aromatic N) is 2. The quantitative estimate of drug-likeness (QED) is 0.664. The van der Waals surface area contributed by atoms with Gasteiger partial charge in [0.15, 0.2) is 5.84 Å². The Morgan fingerprint density at radius 2 is 2.18 bits per heavy atom. The van der Waals surface area contributed by atoms with Gasteiger partial charge in [-0.1, -0.05) is 24.8 Å². The standard InChI is InChI=1S/C17H15N3O2/c1-10(2)17(22)18-11-7-8-15(21)12(9-11)16-19-13-5-3-4-6-14(13)20-16/h3-9,13,21H,1H2,2H3,(H,18,22). The van der Waals surface area contributed by atoms with Crippen LogP contribution in [-0.4, -0.2) is 28.6 Å². The number of nitrogens with one attached hydrogen (secondary N) is 1. The van der Waals surface area contributed by atoms with Crippen molar-refractivity contribution in [1.29, 1.82) is 0 Å². The molecule has 0 bridgehead atoms. The molecule has 1 heterocycles. The molecule has 1 aliphatic heterocycles. The summed E-state index contributed by atoms with van der Waals surface area (Å²) in [6.45, 7) is 5.23. The molecule has 0 spiro atoms. The number of carbonyl (C=O) groups is 1. The number of benzene rings is 1. The molecule has 2 N–H and O–H groups in total. The highest BCUT2D eigenvalue weighted by atomic mass is 16.3. The Labute approximate surface area is 128 Å². The van der Waals surface area contributed by atoms with Crippen molar-refractivity contribution in [3.05, 3.63) is 60.2 Å². The third-order valence-electron chi connectivity index (χ3n) is 3.35. The zero-order valence-electron chi connectivity index (χ0n) is 12.1. The molecule has 0 fully saturated rings. The van der Waals surface area contributed by atoms with Crippen LogP contribution in [0.1, 0.15) is 12.5 Å². The summed E-state index contributed by atoms with van der Waals surface area (Å²) in [5, 5.41) is 12.8. The van der Waals surface area contributed by atoms with Crippen molar-refractivity contribution in [1.82, 2.24) is 0 Å². The van der Waals surface area contributed by atoms with Crippen molar-refractivity contribution in [2.45, 2.75) is 13.0 Å². The number of phenolic OH excluding ortho intramolecular Hbond substituents is 1. The lowest BCUT2D eigenvalue weighted by atomic mass is 10.1. The molecule has 1 aromatic carbocycles. The molecule has 1 aromatic rings. The molecule has 5 nitrogen and oxygen atoms in total. The van der Waals surface area contributed by atoms with Gasteiger partial charge in [0, 0.05) is 11.3 Å². The van der Waals surface area contributed by atoms with E-state index in [0.29, 0.717) is 22.7 Å². The third-order valence-corrected chi connectivity index (χ3v) is 3.35. The van der Waals surface area contributed by atoms with Crippen LogP contribution >= 0.6 is 0 Å². The lowest BCUT2D eigenvalue weighted by molar-refractivity contribution is -0.112. The molecule has 22 heavy (non-hydrogen) atoms. The number of fused-ring (bicyclic) bond motifs is 1. The first-order valence-electron chi connectivity index (χ1n) is 6.86. The highest BCUT2D eigenvalue weighted by Crippen LogP contribution is 2.26. The Morgan fingerprint density at radius 3 is 2.91 bits per heavy atom. The van der Waals surface area contributed by atoms with Gasteiger partial charge in [0.25, 0.3) is 5.91 Å². The number of hydrogen-bond donors (Lipinski definition) is 2. The first-order chi connectivity index (χ1) is 10.5. The summed E-state index contributed by atoms with van der Waals surface area (Å²) in [6, 6.07) is 4.69. The zero-order valence-corrected chi connectivity index (χ0v) is 12.1. The largest absolute Gasteiger partial charge is 0.507 e. The van der Waals surface area contributed by atoms with E-state index in [2.05, 4.69) is 21.9 Å². The van der Waals surface area contributed by atoms with E-state index in [9.17, 15) is 9.90 Å². The maximum Gasteiger partial charge on any atom is 0.250 e. The second-order valence-corrected chi connectivity index (χ2v) is 5.14. The summed E-state index contributed by atoms with van der Waals surface area (Å²) in [4.78, 5) is 20.6. The van der Waals surface area contributed by atoms with Crippen LogP contribution in [0.4, 0.5) is 5.69 Å². The van der Waals surface area contributed by atoms with Gasteiger partial charge in [0.05, 0.1) is 11.3 Å². The van der Waals surface area contributed by atoms with E-state index in [1.54, 1.807) is 19.1 Å². The minimum absolute atomic E-state index is 0.0723. The van der Waals surface area contributed by atoms with Gasteiger partial charge in [-0.25, -0.2) is 4.99 Å².